The number of aliphatic hydroxyl groups excluding tert-OH is 1. The van der Waals surface area contributed by atoms with Crippen LogP contribution in [0.3, 0.4) is 0 Å². The monoisotopic (exact) mass is 406 g/mol. The van der Waals surface area contributed by atoms with Crippen molar-refractivity contribution in [1.29, 1.82) is 0 Å². The summed E-state index contributed by atoms with van der Waals surface area (Å²) in [7, 11) is 0. The second-order valence-corrected chi connectivity index (χ2v) is 9.77. The van der Waals surface area contributed by atoms with Crippen LogP contribution in [0.5, 0.6) is 0 Å². The molecule has 2 aliphatic carbocycles. The quantitative estimate of drug-likeness (QED) is 0.716. The van der Waals surface area contributed by atoms with Gasteiger partial charge in [0.05, 0.1) is 17.9 Å². The summed E-state index contributed by atoms with van der Waals surface area (Å²) in [6.45, 7) is 11.4. The standard InChI is InChI=1S/C23H34O6/c1-7-15-16(23(6)10-8-9-22(4,5)12-23)11-17(26)19-18(15)20(27-13(2)24)29-21(19)28-14(3)25/h7,11,17-21,26H,8-10,12H2,1-6H3/b15-7+/t17-,18-,19+,20-,21+,23-/m0/s1. The molecule has 0 aromatic heterocycles. The maximum absolute atomic E-state index is 11.7. The highest BCUT2D eigenvalue weighted by atomic mass is 16.8. The van der Waals surface area contributed by atoms with Gasteiger partial charge in [-0.25, -0.2) is 0 Å². The third kappa shape index (κ3) is 4.29. The lowest BCUT2D eigenvalue weighted by atomic mass is 9.57. The van der Waals surface area contributed by atoms with Crippen LogP contribution < -0.4 is 0 Å². The van der Waals surface area contributed by atoms with Gasteiger partial charge in [-0.1, -0.05) is 39.3 Å². The van der Waals surface area contributed by atoms with Crippen molar-refractivity contribution in [2.75, 3.05) is 0 Å². The minimum Gasteiger partial charge on any atom is -0.435 e. The zero-order chi connectivity index (χ0) is 21.6. The minimum absolute atomic E-state index is 0.0875. The molecule has 1 saturated carbocycles. The second-order valence-electron chi connectivity index (χ2n) is 9.77. The zero-order valence-corrected chi connectivity index (χ0v) is 18.4. The van der Waals surface area contributed by atoms with Gasteiger partial charge in [0.2, 0.25) is 12.6 Å². The number of esters is 2. The molecule has 3 aliphatic rings. The van der Waals surface area contributed by atoms with E-state index in [1.54, 1.807) is 0 Å². The number of rotatable bonds is 3. The lowest BCUT2D eigenvalue weighted by Crippen LogP contribution is -2.43. The molecule has 0 radical (unpaired) electrons. The Morgan fingerprint density at radius 1 is 1.14 bits per heavy atom. The molecule has 1 N–H and O–H groups in total. The predicted molar refractivity (Wildman–Crippen MR) is 107 cm³/mol. The van der Waals surface area contributed by atoms with E-state index in [0.29, 0.717) is 0 Å². The van der Waals surface area contributed by atoms with Crippen molar-refractivity contribution >= 4 is 11.9 Å². The number of aliphatic hydroxyl groups is 1. The number of allylic oxidation sites excluding steroid dienone is 2. The minimum atomic E-state index is -0.958. The molecule has 3 rings (SSSR count). The number of hydrogen-bond acceptors (Lipinski definition) is 6. The number of ether oxygens (including phenoxy) is 3. The Balaban J connectivity index is 2.03. The van der Waals surface area contributed by atoms with Crippen LogP contribution in [-0.4, -0.2) is 35.7 Å². The first-order chi connectivity index (χ1) is 13.5. The molecule has 29 heavy (non-hydrogen) atoms. The first kappa shape index (κ1) is 22.0. The highest BCUT2D eigenvalue weighted by Crippen LogP contribution is 2.57. The van der Waals surface area contributed by atoms with Crippen LogP contribution in [0.1, 0.15) is 67.2 Å². The molecule has 0 aromatic rings. The number of carbonyl (C=O) groups is 2. The van der Waals surface area contributed by atoms with Crippen LogP contribution in [0, 0.1) is 22.7 Å². The van der Waals surface area contributed by atoms with Crippen LogP contribution in [-0.2, 0) is 23.8 Å². The molecular formula is C23H34O6. The van der Waals surface area contributed by atoms with Crippen LogP contribution >= 0.6 is 0 Å². The van der Waals surface area contributed by atoms with E-state index < -0.39 is 36.5 Å². The van der Waals surface area contributed by atoms with E-state index in [4.69, 9.17) is 14.2 Å². The largest absolute Gasteiger partial charge is 0.435 e. The smallest absolute Gasteiger partial charge is 0.304 e. The van der Waals surface area contributed by atoms with Crippen LogP contribution in [0.25, 0.3) is 0 Å². The van der Waals surface area contributed by atoms with E-state index in [9.17, 15) is 14.7 Å². The lowest BCUT2D eigenvalue weighted by Gasteiger charge is -2.48. The topological polar surface area (TPSA) is 82.1 Å². The summed E-state index contributed by atoms with van der Waals surface area (Å²) in [5.41, 5.74) is 2.25. The van der Waals surface area contributed by atoms with Crippen LogP contribution in [0.2, 0.25) is 0 Å². The van der Waals surface area contributed by atoms with Gasteiger partial charge in [0.15, 0.2) is 0 Å². The second kappa shape index (κ2) is 7.88. The molecule has 0 spiro atoms. The zero-order valence-electron chi connectivity index (χ0n) is 18.4. The van der Waals surface area contributed by atoms with Crippen molar-refractivity contribution in [3.63, 3.8) is 0 Å². The SMILES string of the molecule is C/C=C1\C([C@@]2(C)CCCC(C)(C)C2)=C[C@H](O)[C@H]2[C@H](OC(C)=O)O[C@H](OC(C)=O)[C@@H]12. The molecule has 1 saturated heterocycles. The first-order valence-electron chi connectivity index (χ1n) is 10.5. The van der Waals surface area contributed by atoms with Crippen molar-refractivity contribution in [3.05, 3.63) is 23.3 Å². The van der Waals surface area contributed by atoms with Gasteiger partial charge < -0.3 is 19.3 Å². The van der Waals surface area contributed by atoms with E-state index in [1.165, 1.54) is 20.3 Å². The fraction of sp³-hybridized carbons (Fsp3) is 0.739. The van der Waals surface area contributed by atoms with Gasteiger partial charge in [0.25, 0.3) is 0 Å². The van der Waals surface area contributed by atoms with E-state index >= 15 is 0 Å². The molecule has 0 bridgehead atoms. The Labute approximate surface area is 173 Å². The molecule has 0 amide bonds. The highest BCUT2D eigenvalue weighted by Gasteiger charge is 2.56. The third-order valence-corrected chi connectivity index (χ3v) is 6.67. The Morgan fingerprint density at radius 2 is 1.76 bits per heavy atom. The fourth-order valence-electron chi connectivity index (χ4n) is 5.80. The van der Waals surface area contributed by atoms with E-state index in [0.717, 1.165) is 30.4 Å². The Kier molecular flexibility index (Phi) is 5.98. The van der Waals surface area contributed by atoms with Gasteiger partial charge in [0, 0.05) is 13.8 Å². The number of fused-ring (bicyclic) bond motifs is 1. The molecule has 0 unspecified atom stereocenters. The molecule has 1 aliphatic heterocycles. The Bertz CT molecular complexity index is 736. The lowest BCUT2D eigenvalue weighted by molar-refractivity contribution is -0.215. The van der Waals surface area contributed by atoms with Crippen molar-refractivity contribution in [1.82, 2.24) is 0 Å². The summed E-state index contributed by atoms with van der Waals surface area (Å²) in [6, 6.07) is 0. The van der Waals surface area contributed by atoms with Gasteiger partial charge in [-0.3, -0.25) is 9.59 Å². The highest BCUT2D eigenvalue weighted by molar-refractivity contribution is 5.67. The fourth-order valence-corrected chi connectivity index (χ4v) is 5.80. The average Bonchev–Trinajstić information content (AvgIpc) is 2.91. The van der Waals surface area contributed by atoms with Gasteiger partial charge >= 0.3 is 11.9 Å². The Morgan fingerprint density at radius 3 is 2.31 bits per heavy atom. The van der Waals surface area contributed by atoms with Gasteiger partial charge in [-0.2, -0.15) is 0 Å². The molecule has 6 atom stereocenters. The van der Waals surface area contributed by atoms with Gasteiger partial charge in [-0.15, -0.1) is 0 Å². The number of carbonyl (C=O) groups excluding carboxylic acids is 2. The average molecular weight is 407 g/mol. The van der Waals surface area contributed by atoms with Crippen molar-refractivity contribution in [2.45, 2.75) is 85.9 Å². The Hall–Kier alpha value is -1.66. The maximum Gasteiger partial charge on any atom is 0.304 e. The molecule has 1 heterocycles. The van der Waals surface area contributed by atoms with E-state index in [-0.39, 0.29) is 16.7 Å². The van der Waals surface area contributed by atoms with Crippen LogP contribution in [0.15, 0.2) is 23.3 Å². The third-order valence-electron chi connectivity index (χ3n) is 6.67. The van der Waals surface area contributed by atoms with Crippen molar-refractivity contribution in [3.8, 4) is 0 Å². The molecule has 162 valence electrons. The van der Waals surface area contributed by atoms with Crippen molar-refractivity contribution < 1.29 is 28.9 Å². The summed E-state index contributed by atoms with van der Waals surface area (Å²) in [4.78, 5) is 23.3. The maximum atomic E-state index is 11.7. The van der Waals surface area contributed by atoms with Crippen molar-refractivity contribution in [2.24, 2.45) is 22.7 Å². The summed E-state index contributed by atoms with van der Waals surface area (Å²) in [6.07, 6.45) is 5.59. The normalized spacial score (nSPS) is 40.2. The number of hydrogen-bond donors (Lipinski definition) is 1. The van der Waals surface area contributed by atoms with Gasteiger partial charge in [0.1, 0.15) is 0 Å². The first-order valence-corrected chi connectivity index (χ1v) is 10.5. The summed E-state index contributed by atoms with van der Waals surface area (Å²) in [5.74, 6) is -1.87. The van der Waals surface area contributed by atoms with E-state index in [1.807, 2.05) is 19.1 Å². The summed E-state index contributed by atoms with van der Waals surface area (Å²) in [5, 5.41) is 11.1. The summed E-state index contributed by atoms with van der Waals surface area (Å²) < 4.78 is 16.6. The predicted octanol–water partition coefficient (Wildman–Crippen LogP) is 3.88. The molecule has 6 nitrogen and oxygen atoms in total. The van der Waals surface area contributed by atoms with Crippen LogP contribution in [0.4, 0.5) is 0 Å². The molecule has 2 fully saturated rings. The van der Waals surface area contributed by atoms with E-state index in [2.05, 4.69) is 20.8 Å². The molecular weight excluding hydrogens is 372 g/mol. The molecule has 6 heteroatoms. The molecule has 0 aromatic carbocycles. The summed E-state index contributed by atoms with van der Waals surface area (Å²) >= 11 is 0. The van der Waals surface area contributed by atoms with Gasteiger partial charge in [-0.05, 0) is 48.2 Å².